The first-order valence-corrected chi connectivity index (χ1v) is 12.8. The van der Waals surface area contributed by atoms with Crippen molar-refractivity contribution in [1.82, 2.24) is 0 Å². The molecule has 4 fully saturated rings. The van der Waals surface area contributed by atoms with Crippen molar-refractivity contribution in [2.75, 3.05) is 13.2 Å². The Morgan fingerprint density at radius 1 is 0.742 bits per heavy atom. The molecule has 0 atom stereocenters. The van der Waals surface area contributed by atoms with Crippen LogP contribution < -0.4 is 4.74 Å². The van der Waals surface area contributed by atoms with Gasteiger partial charge in [-0.15, -0.1) is 0 Å². The summed E-state index contributed by atoms with van der Waals surface area (Å²) in [4.78, 5) is 0. The normalized spacial score (nSPS) is 28.9. The zero-order valence-electron chi connectivity index (χ0n) is 19.0. The summed E-state index contributed by atoms with van der Waals surface area (Å²) in [5.74, 6) is 0.784. The van der Waals surface area contributed by atoms with Crippen molar-refractivity contribution in [2.45, 2.75) is 102 Å². The zero-order valence-corrected chi connectivity index (χ0v) is 19.0. The van der Waals surface area contributed by atoms with Gasteiger partial charge in [-0.2, -0.15) is 4.39 Å². The molecule has 0 amide bonds. The van der Waals surface area contributed by atoms with Crippen LogP contribution in [0.2, 0.25) is 0 Å². The van der Waals surface area contributed by atoms with Crippen molar-refractivity contribution < 1.29 is 18.6 Å². The Morgan fingerprint density at radius 3 is 1.81 bits per heavy atom. The van der Waals surface area contributed by atoms with Gasteiger partial charge >= 0.3 is 0 Å². The van der Waals surface area contributed by atoms with Gasteiger partial charge in [0.2, 0.25) is 5.82 Å². The van der Waals surface area contributed by atoms with E-state index >= 15 is 4.39 Å². The van der Waals surface area contributed by atoms with Crippen LogP contribution in [0.15, 0.2) is 12.1 Å². The van der Waals surface area contributed by atoms with Crippen molar-refractivity contribution in [3.8, 4) is 5.75 Å². The lowest BCUT2D eigenvalue weighted by molar-refractivity contribution is -0.00708. The fourth-order valence-electron chi connectivity index (χ4n) is 7.13. The van der Waals surface area contributed by atoms with E-state index in [1.54, 1.807) is 6.07 Å². The summed E-state index contributed by atoms with van der Waals surface area (Å²) in [6.07, 6.45) is 17.0. The van der Waals surface area contributed by atoms with Gasteiger partial charge in [0.1, 0.15) is 0 Å². The molecule has 0 radical (unpaired) electrons. The van der Waals surface area contributed by atoms with Gasteiger partial charge < -0.3 is 9.84 Å². The van der Waals surface area contributed by atoms with Crippen LogP contribution in [0, 0.1) is 29.4 Å². The minimum atomic E-state index is -0.781. The number of aliphatic hydroxyl groups excluding tert-OH is 1. The first-order valence-electron chi connectivity index (χ1n) is 12.8. The monoisotopic (exact) mass is 434 g/mol. The van der Waals surface area contributed by atoms with Crippen LogP contribution in [0.5, 0.6) is 5.75 Å². The lowest BCUT2D eigenvalue weighted by Gasteiger charge is -2.57. The van der Waals surface area contributed by atoms with Gasteiger partial charge in [0.25, 0.3) is 0 Å². The number of hydrogen-bond acceptors (Lipinski definition) is 2. The van der Waals surface area contributed by atoms with Crippen molar-refractivity contribution >= 4 is 0 Å². The van der Waals surface area contributed by atoms with Crippen LogP contribution in [0.4, 0.5) is 8.78 Å². The largest absolute Gasteiger partial charge is 0.490 e. The quantitative estimate of drug-likeness (QED) is 0.330. The molecule has 4 aliphatic rings. The lowest BCUT2D eigenvalue weighted by Crippen LogP contribution is -2.49. The Labute approximate surface area is 186 Å². The Bertz CT molecular complexity index is 682. The second-order valence-corrected chi connectivity index (χ2v) is 10.7. The molecule has 4 heteroatoms. The van der Waals surface area contributed by atoms with E-state index in [9.17, 15) is 4.39 Å². The third-order valence-electron chi connectivity index (χ3n) is 8.22. The standard InChI is InChI=1S/C27H40F2O2/c28-25-23(27-17-20-14-21(18-27)16-22(15-20)19-27)10-11-24(26(25)29)31-13-9-7-5-3-1-2-4-6-8-12-30/h10-11,20-22,30H,1-9,12-19H2/t20-,21?,22?,27-. The summed E-state index contributed by atoms with van der Waals surface area (Å²) in [6, 6.07) is 3.51. The van der Waals surface area contributed by atoms with E-state index in [2.05, 4.69) is 0 Å². The zero-order chi connectivity index (χ0) is 21.7. The molecule has 1 aromatic carbocycles. The first kappa shape index (κ1) is 23.0. The molecular weight excluding hydrogens is 394 g/mol. The minimum Gasteiger partial charge on any atom is -0.490 e. The molecule has 174 valence electrons. The predicted molar refractivity (Wildman–Crippen MR) is 120 cm³/mol. The van der Waals surface area contributed by atoms with E-state index in [1.165, 1.54) is 44.9 Å². The molecule has 1 N–H and O–H groups in total. The van der Waals surface area contributed by atoms with Crippen LogP contribution in [0.1, 0.15) is 102 Å². The second-order valence-electron chi connectivity index (χ2n) is 10.7. The SMILES string of the molecule is OCCCCCCCCCCCOc1ccc([C@]23CC4CC(C[C@H](C4)C2)C3)c(F)c1F. The third kappa shape index (κ3) is 5.43. The molecule has 1 aromatic rings. The maximum absolute atomic E-state index is 15.1. The fraction of sp³-hybridized carbons (Fsp3) is 0.778. The molecule has 0 unspecified atom stereocenters. The topological polar surface area (TPSA) is 29.5 Å². The molecule has 5 rings (SSSR count). The lowest BCUT2D eigenvalue weighted by atomic mass is 9.48. The first-order chi connectivity index (χ1) is 15.1. The minimum absolute atomic E-state index is 0.0786. The molecule has 4 bridgehead atoms. The maximum atomic E-state index is 15.1. The molecule has 0 aliphatic heterocycles. The third-order valence-corrected chi connectivity index (χ3v) is 8.22. The second kappa shape index (κ2) is 10.6. The summed E-state index contributed by atoms with van der Waals surface area (Å²) in [5.41, 5.74) is 0.492. The van der Waals surface area contributed by atoms with E-state index in [4.69, 9.17) is 9.84 Å². The van der Waals surface area contributed by atoms with E-state index in [0.717, 1.165) is 51.4 Å². The van der Waals surface area contributed by atoms with Crippen LogP contribution >= 0.6 is 0 Å². The van der Waals surface area contributed by atoms with Crippen molar-refractivity contribution in [3.63, 3.8) is 0 Å². The van der Waals surface area contributed by atoms with Crippen LogP contribution in [-0.2, 0) is 5.41 Å². The van der Waals surface area contributed by atoms with Gasteiger partial charge in [-0.1, -0.05) is 51.0 Å². The van der Waals surface area contributed by atoms with E-state index in [-0.39, 0.29) is 11.2 Å². The number of ether oxygens (including phenoxy) is 1. The van der Waals surface area contributed by atoms with Gasteiger partial charge in [0.15, 0.2) is 11.6 Å². The molecule has 0 saturated heterocycles. The Morgan fingerprint density at radius 2 is 1.26 bits per heavy atom. The van der Waals surface area contributed by atoms with Gasteiger partial charge in [-0.3, -0.25) is 0 Å². The smallest absolute Gasteiger partial charge is 0.200 e. The van der Waals surface area contributed by atoms with Crippen LogP contribution in [0.25, 0.3) is 0 Å². The summed E-state index contributed by atoms with van der Waals surface area (Å²) >= 11 is 0. The van der Waals surface area contributed by atoms with Crippen LogP contribution in [-0.4, -0.2) is 18.3 Å². The molecule has 0 heterocycles. The number of hydrogen-bond donors (Lipinski definition) is 1. The Hall–Kier alpha value is -1.16. The highest BCUT2D eigenvalue weighted by molar-refractivity contribution is 5.37. The van der Waals surface area contributed by atoms with Crippen molar-refractivity contribution in [3.05, 3.63) is 29.3 Å². The van der Waals surface area contributed by atoms with E-state index < -0.39 is 11.6 Å². The van der Waals surface area contributed by atoms with Crippen molar-refractivity contribution in [2.24, 2.45) is 17.8 Å². The highest BCUT2D eigenvalue weighted by Gasteiger charge is 2.52. The average Bonchev–Trinajstić information content (AvgIpc) is 2.74. The molecule has 4 saturated carbocycles. The summed E-state index contributed by atoms with van der Waals surface area (Å²) < 4.78 is 35.6. The van der Waals surface area contributed by atoms with Crippen LogP contribution in [0.3, 0.4) is 0 Å². The number of unbranched alkanes of at least 4 members (excludes halogenated alkanes) is 8. The molecular formula is C27H40F2O2. The average molecular weight is 435 g/mol. The summed E-state index contributed by atoms with van der Waals surface area (Å²) in [5, 5.41) is 8.77. The number of rotatable bonds is 13. The Kier molecular flexibility index (Phi) is 7.90. The molecule has 0 spiro atoms. The molecule has 2 nitrogen and oxygen atoms in total. The fourth-order valence-corrected chi connectivity index (χ4v) is 7.13. The van der Waals surface area contributed by atoms with Gasteiger partial charge in [-0.25, -0.2) is 4.39 Å². The molecule has 0 aromatic heterocycles. The number of benzene rings is 1. The summed E-state index contributed by atoms with van der Waals surface area (Å²) in [6.45, 7) is 0.749. The Balaban J connectivity index is 1.21. The van der Waals surface area contributed by atoms with Gasteiger partial charge in [0.05, 0.1) is 6.61 Å². The molecule has 31 heavy (non-hydrogen) atoms. The molecule has 4 aliphatic carbocycles. The predicted octanol–water partition coefficient (Wildman–Crippen LogP) is 7.31. The highest BCUT2D eigenvalue weighted by atomic mass is 19.2. The number of aliphatic hydroxyl groups is 1. The number of halogens is 2. The van der Waals surface area contributed by atoms with Crippen molar-refractivity contribution in [1.29, 1.82) is 0 Å². The summed E-state index contributed by atoms with van der Waals surface area (Å²) in [7, 11) is 0. The maximum Gasteiger partial charge on any atom is 0.200 e. The van der Waals surface area contributed by atoms with Gasteiger partial charge in [-0.05, 0) is 86.2 Å². The van der Waals surface area contributed by atoms with E-state index in [1.807, 2.05) is 6.07 Å². The van der Waals surface area contributed by atoms with E-state index in [0.29, 0.717) is 36.5 Å². The van der Waals surface area contributed by atoms with Gasteiger partial charge in [0, 0.05) is 6.61 Å². The highest BCUT2D eigenvalue weighted by Crippen LogP contribution is 2.61.